The number of nitrogens with zero attached hydrogens (tertiary/aromatic N) is 1. The highest BCUT2D eigenvalue weighted by atomic mass is 15.1. The molecule has 0 heterocycles. The van der Waals surface area contributed by atoms with E-state index in [0.29, 0.717) is 0 Å². The molecule has 0 fully saturated rings. The van der Waals surface area contributed by atoms with E-state index in [9.17, 15) is 0 Å². The van der Waals surface area contributed by atoms with E-state index < -0.39 is 0 Å². The third kappa shape index (κ3) is 8.87. The summed E-state index contributed by atoms with van der Waals surface area (Å²) in [6, 6.07) is 14.6. The van der Waals surface area contributed by atoms with Crippen LogP contribution in [-0.4, -0.2) is 45.2 Å². The van der Waals surface area contributed by atoms with Crippen molar-refractivity contribution in [2.75, 3.05) is 45.6 Å². The summed E-state index contributed by atoms with van der Waals surface area (Å²) in [4.78, 5) is 2.26. The average molecular weight is 333 g/mol. The lowest BCUT2D eigenvalue weighted by Gasteiger charge is -2.14. The van der Waals surface area contributed by atoms with E-state index in [1.165, 1.54) is 16.5 Å². The Hall–Kier alpha value is -1.62. The van der Waals surface area contributed by atoms with Gasteiger partial charge in [-0.05, 0) is 57.5 Å². The molecule has 4 heteroatoms. The number of hydrogen-bond acceptors (Lipinski definition) is 4. The fourth-order valence-corrected chi connectivity index (χ4v) is 2.28. The van der Waals surface area contributed by atoms with Crippen LogP contribution in [0.5, 0.6) is 0 Å². The van der Waals surface area contributed by atoms with Crippen molar-refractivity contribution < 1.29 is 0 Å². The molecule has 0 aliphatic heterocycles. The molecule has 2 aromatic rings. The quantitative estimate of drug-likeness (QED) is 0.726. The lowest BCUT2D eigenvalue weighted by molar-refractivity contribution is 0.329. The van der Waals surface area contributed by atoms with Crippen LogP contribution < -0.4 is 16.8 Å². The summed E-state index contributed by atoms with van der Waals surface area (Å²) < 4.78 is 0. The Morgan fingerprint density at radius 3 is 1.96 bits per heavy atom. The third-order valence-corrected chi connectivity index (χ3v) is 3.55. The van der Waals surface area contributed by atoms with E-state index in [1.807, 2.05) is 20.9 Å². The fraction of sp³-hybridized carbons (Fsp3) is 0.500. The summed E-state index contributed by atoms with van der Waals surface area (Å²) >= 11 is 0. The van der Waals surface area contributed by atoms with Crippen molar-refractivity contribution in [3.8, 4) is 0 Å². The van der Waals surface area contributed by atoms with Crippen LogP contribution in [0.25, 0.3) is 10.8 Å². The molecule has 2 rings (SSSR count). The molecule has 0 unspecified atom stereocenters. The minimum absolute atomic E-state index is 0.785. The van der Waals surface area contributed by atoms with Crippen LogP contribution in [0.15, 0.2) is 42.5 Å². The molecule has 4 nitrogen and oxygen atoms in total. The van der Waals surface area contributed by atoms with Crippen molar-refractivity contribution in [2.45, 2.75) is 26.7 Å². The van der Waals surface area contributed by atoms with E-state index in [1.54, 1.807) is 0 Å². The maximum Gasteiger partial charge on any atom is 0.0417 e. The summed E-state index contributed by atoms with van der Waals surface area (Å²) in [7, 11) is 4.05. The van der Waals surface area contributed by atoms with Gasteiger partial charge in [0, 0.05) is 18.1 Å². The van der Waals surface area contributed by atoms with Crippen molar-refractivity contribution in [2.24, 2.45) is 11.5 Å². The third-order valence-electron chi connectivity index (χ3n) is 3.55. The van der Waals surface area contributed by atoms with Gasteiger partial charge in [0.05, 0.1) is 0 Å². The topological polar surface area (TPSA) is 67.3 Å². The lowest BCUT2D eigenvalue weighted by Crippen LogP contribution is -2.24. The molecular formula is C20H36N4. The Morgan fingerprint density at radius 1 is 0.875 bits per heavy atom. The molecule has 0 spiro atoms. The monoisotopic (exact) mass is 332 g/mol. The van der Waals surface area contributed by atoms with Crippen molar-refractivity contribution in [1.29, 1.82) is 0 Å². The smallest absolute Gasteiger partial charge is 0.0417 e. The van der Waals surface area contributed by atoms with Gasteiger partial charge < -0.3 is 21.7 Å². The molecule has 0 saturated heterocycles. The SMILES string of the molecule is CC.CN(CCCN)CCCN.CNc1cccc2ccccc12. The maximum absolute atomic E-state index is 5.35. The molecule has 0 radical (unpaired) electrons. The van der Waals surface area contributed by atoms with Gasteiger partial charge >= 0.3 is 0 Å². The highest BCUT2D eigenvalue weighted by Crippen LogP contribution is 2.21. The second-order valence-corrected chi connectivity index (χ2v) is 5.36. The van der Waals surface area contributed by atoms with Gasteiger partial charge in [-0.3, -0.25) is 0 Å². The molecule has 0 atom stereocenters. The van der Waals surface area contributed by atoms with Gasteiger partial charge in [0.1, 0.15) is 0 Å². The van der Waals surface area contributed by atoms with Gasteiger partial charge in [0.2, 0.25) is 0 Å². The predicted octanol–water partition coefficient (Wildman–Crippen LogP) is 3.52. The zero-order valence-electron chi connectivity index (χ0n) is 15.9. The summed E-state index contributed by atoms with van der Waals surface area (Å²) in [5, 5.41) is 5.73. The first-order valence-electron chi connectivity index (χ1n) is 8.97. The van der Waals surface area contributed by atoms with Gasteiger partial charge in [0.25, 0.3) is 0 Å². The van der Waals surface area contributed by atoms with E-state index in [4.69, 9.17) is 11.5 Å². The lowest BCUT2D eigenvalue weighted by atomic mass is 10.1. The van der Waals surface area contributed by atoms with Crippen LogP contribution in [0.4, 0.5) is 5.69 Å². The zero-order valence-corrected chi connectivity index (χ0v) is 15.9. The van der Waals surface area contributed by atoms with Crippen molar-refractivity contribution in [1.82, 2.24) is 4.90 Å². The first-order valence-corrected chi connectivity index (χ1v) is 8.97. The van der Waals surface area contributed by atoms with E-state index in [-0.39, 0.29) is 0 Å². The molecule has 2 aromatic carbocycles. The van der Waals surface area contributed by atoms with Crippen LogP contribution in [0.1, 0.15) is 26.7 Å². The summed E-state index contributed by atoms with van der Waals surface area (Å²) in [6.45, 7) is 7.76. The number of rotatable bonds is 7. The van der Waals surface area contributed by atoms with Crippen LogP contribution in [0.2, 0.25) is 0 Å². The Bertz CT molecular complexity index is 515. The van der Waals surface area contributed by atoms with Gasteiger partial charge in [0.15, 0.2) is 0 Å². The number of anilines is 1. The van der Waals surface area contributed by atoms with E-state index in [0.717, 1.165) is 39.0 Å². The van der Waals surface area contributed by atoms with Crippen molar-refractivity contribution >= 4 is 16.5 Å². The van der Waals surface area contributed by atoms with Crippen molar-refractivity contribution in [3.05, 3.63) is 42.5 Å². The Balaban J connectivity index is 0.000000407. The number of hydrogen-bond donors (Lipinski definition) is 3. The molecule has 5 N–H and O–H groups in total. The normalized spacial score (nSPS) is 9.79. The van der Waals surface area contributed by atoms with Crippen LogP contribution >= 0.6 is 0 Å². The molecule has 0 saturated carbocycles. The minimum Gasteiger partial charge on any atom is -0.388 e. The number of fused-ring (bicyclic) bond motifs is 1. The number of benzene rings is 2. The fourth-order valence-electron chi connectivity index (χ4n) is 2.28. The Morgan fingerprint density at radius 2 is 1.42 bits per heavy atom. The van der Waals surface area contributed by atoms with Gasteiger partial charge in [-0.25, -0.2) is 0 Å². The summed E-state index contributed by atoms with van der Waals surface area (Å²) in [5.74, 6) is 0. The molecule has 24 heavy (non-hydrogen) atoms. The van der Waals surface area contributed by atoms with Gasteiger partial charge in [-0.1, -0.05) is 50.2 Å². The average Bonchev–Trinajstić information content (AvgIpc) is 2.66. The first-order chi connectivity index (χ1) is 11.7. The van der Waals surface area contributed by atoms with Crippen molar-refractivity contribution in [3.63, 3.8) is 0 Å². The van der Waals surface area contributed by atoms with E-state index in [2.05, 4.69) is 59.7 Å². The molecule has 0 aliphatic rings. The highest BCUT2D eigenvalue weighted by molar-refractivity contribution is 5.93. The number of nitrogens with one attached hydrogen (secondary N) is 1. The summed E-state index contributed by atoms with van der Waals surface area (Å²) in [6.07, 6.45) is 2.17. The van der Waals surface area contributed by atoms with Gasteiger partial charge in [-0.2, -0.15) is 0 Å². The Labute approximate surface area is 148 Å². The second-order valence-electron chi connectivity index (χ2n) is 5.36. The van der Waals surface area contributed by atoms with E-state index >= 15 is 0 Å². The largest absolute Gasteiger partial charge is 0.388 e. The highest BCUT2D eigenvalue weighted by Gasteiger charge is 1.95. The first kappa shape index (κ1) is 22.4. The molecule has 136 valence electrons. The Kier molecular flexibility index (Phi) is 13.9. The predicted molar refractivity (Wildman–Crippen MR) is 110 cm³/mol. The minimum atomic E-state index is 0.785. The van der Waals surface area contributed by atoms with Crippen LogP contribution in [-0.2, 0) is 0 Å². The number of nitrogens with two attached hydrogens (primary N) is 2. The van der Waals surface area contributed by atoms with Crippen LogP contribution in [0, 0.1) is 0 Å². The molecule has 0 bridgehead atoms. The molecular weight excluding hydrogens is 296 g/mol. The maximum atomic E-state index is 5.35. The zero-order chi connectivity index (χ0) is 18.2. The standard InChI is InChI=1S/C11H11N.C7H19N3.C2H6/c1-12-11-8-4-6-9-5-2-3-7-10(9)11;1-10(6-2-4-8)7-3-5-9;1-2/h2-8,12H,1H3;2-9H2,1H3;1-2H3. The molecule has 0 aliphatic carbocycles. The van der Waals surface area contributed by atoms with Crippen LogP contribution in [0.3, 0.4) is 0 Å². The second kappa shape index (κ2) is 14.9. The summed E-state index contributed by atoms with van der Waals surface area (Å²) in [5.41, 5.74) is 11.9. The molecule has 0 aromatic heterocycles. The molecule has 0 amide bonds. The van der Waals surface area contributed by atoms with Gasteiger partial charge in [-0.15, -0.1) is 0 Å².